The Morgan fingerprint density at radius 3 is 2.62 bits per heavy atom. The average molecular weight is 282 g/mol. The Morgan fingerprint density at radius 1 is 1.10 bits per heavy atom. The molecule has 0 saturated carbocycles. The normalized spacial score (nSPS) is 17.0. The summed E-state index contributed by atoms with van der Waals surface area (Å²) in [6.07, 6.45) is 5.93. The molecule has 0 amide bonds. The predicted octanol–water partition coefficient (Wildman–Crippen LogP) is 2.95. The Morgan fingerprint density at radius 2 is 1.90 bits per heavy atom. The van der Waals surface area contributed by atoms with Gasteiger partial charge < -0.3 is 5.11 Å². The van der Waals surface area contributed by atoms with Gasteiger partial charge in [-0.3, -0.25) is 9.88 Å². The van der Waals surface area contributed by atoms with Gasteiger partial charge in [0, 0.05) is 25.5 Å². The smallest absolute Gasteiger partial charge is 0.0460 e. The number of piperidine rings is 1. The lowest BCUT2D eigenvalue weighted by molar-refractivity contribution is 0.127. The summed E-state index contributed by atoms with van der Waals surface area (Å²) in [7, 11) is 0. The molecule has 0 bridgehead atoms. The zero-order valence-corrected chi connectivity index (χ0v) is 12.3. The van der Waals surface area contributed by atoms with Crippen LogP contribution in [0.2, 0.25) is 0 Å². The van der Waals surface area contributed by atoms with Crippen molar-refractivity contribution in [2.45, 2.75) is 19.4 Å². The van der Waals surface area contributed by atoms with Crippen molar-refractivity contribution in [2.75, 3.05) is 19.7 Å². The second-order valence-corrected chi connectivity index (χ2v) is 5.84. The first-order chi connectivity index (χ1) is 10.3. The van der Waals surface area contributed by atoms with E-state index in [0.717, 1.165) is 32.5 Å². The molecule has 0 unspecified atom stereocenters. The third-order valence-electron chi connectivity index (χ3n) is 4.29. The number of hydrogen-bond donors (Lipinski definition) is 1. The van der Waals surface area contributed by atoms with Crippen LogP contribution in [-0.2, 0) is 6.54 Å². The molecule has 1 N–H and O–H groups in total. The highest BCUT2D eigenvalue weighted by molar-refractivity contribution is 5.62. The largest absolute Gasteiger partial charge is 0.396 e. The minimum Gasteiger partial charge on any atom is -0.396 e. The van der Waals surface area contributed by atoms with Crippen LogP contribution in [0, 0.1) is 5.92 Å². The number of benzene rings is 1. The van der Waals surface area contributed by atoms with Crippen molar-refractivity contribution in [3.05, 3.63) is 54.4 Å². The zero-order chi connectivity index (χ0) is 14.5. The van der Waals surface area contributed by atoms with E-state index in [1.54, 1.807) is 6.20 Å². The van der Waals surface area contributed by atoms with Crippen LogP contribution in [0.15, 0.2) is 48.8 Å². The van der Waals surface area contributed by atoms with Crippen molar-refractivity contribution in [3.8, 4) is 11.1 Å². The van der Waals surface area contributed by atoms with Crippen LogP contribution in [0.4, 0.5) is 0 Å². The number of aromatic nitrogens is 1. The number of aliphatic hydroxyl groups excluding tert-OH is 1. The van der Waals surface area contributed by atoms with Crippen LogP contribution in [0.5, 0.6) is 0 Å². The number of hydrogen-bond acceptors (Lipinski definition) is 3. The standard InChI is InChI=1S/C18H22N2O/c21-14-15-6-9-20(10-7-15)13-16-3-1-4-17(11-16)18-5-2-8-19-12-18/h1-5,8,11-12,15,21H,6-7,9-10,13-14H2. The van der Waals surface area contributed by atoms with Crippen molar-refractivity contribution in [1.82, 2.24) is 9.88 Å². The van der Waals surface area contributed by atoms with Crippen molar-refractivity contribution < 1.29 is 5.11 Å². The van der Waals surface area contributed by atoms with Gasteiger partial charge in [0.05, 0.1) is 0 Å². The molecule has 1 fully saturated rings. The molecule has 2 heterocycles. The minimum atomic E-state index is 0.338. The van der Waals surface area contributed by atoms with E-state index in [0.29, 0.717) is 12.5 Å². The highest BCUT2D eigenvalue weighted by Gasteiger charge is 2.18. The fourth-order valence-corrected chi connectivity index (χ4v) is 2.97. The summed E-state index contributed by atoms with van der Waals surface area (Å²) in [4.78, 5) is 6.67. The Balaban J connectivity index is 1.67. The van der Waals surface area contributed by atoms with Crippen LogP contribution in [-0.4, -0.2) is 34.7 Å². The summed E-state index contributed by atoms with van der Waals surface area (Å²) >= 11 is 0. The molecule has 3 nitrogen and oxygen atoms in total. The Bertz CT molecular complexity index is 562. The van der Waals surface area contributed by atoms with E-state index < -0.39 is 0 Å². The molecule has 0 aliphatic carbocycles. The first-order valence-electron chi connectivity index (χ1n) is 7.67. The summed E-state index contributed by atoms with van der Waals surface area (Å²) in [5.74, 6) is 0.503. The van der Waals surface area contributed by atoms with Crippen molar-refractivity contribution in [3.63, 3.8) is 0 Å². The van der Waals surface area contributed by atoms with Crippen LogP contribution in [0.3, 0.4) is 0 Å². The average Bonchev–Trinajstić information content (AvgIpc) is 2.57. The molecule has 0 radical (unpaired) electrons. The maximum atomic E-state index is 9.21. The van der Waals surface area contributed by atoms with Gasteiger partial charge in [0.25, 0.3) is 0 Å². The molecule has 1 aromatic heterocycles. The second kappa shape index (κ2) is 6.83. The zero-order valence-electron chi connectivity index (χ0n) is 12.3. The number of nitrogens with zero attached hydrogens (tertiary/aromatic N) is 2. The van der Waals surface area contributed by atoms with Crippen LogP contribution >= 0.6 is 0 Å². The molecular formula is C18H22N2O. The van der Waals surface area contributed by atoms with E-state index in [4.69, 9.17) is 0 Å². The maximum Gasteiger partial charge on any atom is 0.0460 e. The molecule has 0 atom stereocenters. The van der Waals surface area contributed by atoms with Gasteiger partial charge in [-0.2, -0.15) is 0 Å². The van der Waals surface area contributed by atoms with E-state index in [-0.39, 0.29) is 0 Å². The first kappa shape index (κ1) is 14.2. The topological polar surface area (TPSA) is 36.4 Å². The molecule has 1 saturated heterocycles. The lowest BCUT2D eigenvalue weighted by Gasteiger charge is -2.31. The molecule has 2 aromatic rings. The number of rotatable bonds is 4. The Kier molecular flexibility index (Phi) is 4.63. The van der Waals surface area contributed by atoms with E-state index in [1.165, 1.54) is 16.7 Å². The second-order valence-electron chi connectivity index (χ2n) is 5.84. The van der Waals surface area contributed by atoms with Gasteiger partial charge in [-0.1, -0.05) is 24.3 Å². The Labute approximate surface area is 126 Å². The third-order valence-corrected chi connectivity index (χ3v) is 4.29. The summed E-state index contributed by atoms with van der Waals surface area (Å²) in [5, 5.41) is 9.21. The highest BCUT2D eigenvalue weighted by Crippen LogP contribution is 2.22. The molecule has 1 aliphatic rings. The van der Waals surface area contributed by atoms with Gasteiger partial charge in [-0.15, -0.1) is 0 Å². The van der Waals surface area contributed by atoms with Crippen molar-refractivity contribution in [1.29, 1.82) is 0 Å². The van der Waals surface area contributed by atoms with E-state index in [9.17, 15) is 5.11 Å². The lowest BCUT2D eigenvalue weighted by Crippen LogP contribution is -2.34. The summed E-state index contributed by atoms with van der Waals surface area (Å²) < 4.78 is 0. The monoisotopic (exact) mass is 282 g/mol. The molecule has 1 aliphatic heterocycles. The van der Waals surface area contributed by atoms with E-state index in [2.05, 4.69) is 40.2 Å². The molecule has 0 spiro atoms. The fourth-order valence-electron chi connectivity index (χ4n) is 2.97. The number of pyridine rings is 1. The van der Waals surface area contributed by atoms with E-state index in [1.807, 2.05) is 12.3 Å². The van der Waals surface area contributed by atoms with Gasteiger partial charge in [0.1, 0.15) is 0 Å². The Hall–Kier alpha value is -1.71. The fraction of sp³-hybridized carbons (Fsp3) is 0.389. The summed E-state index contributed by atoms with van der Waals surface area (Å²) in [6, 6.07) is 12.8. The number of likely N-dealkylation sites (tertiary alicyclic amines) is 1. The van der Waals surface area contributed by atoms with Crippen LogP contribution in [0.1, 0.15) is 18.4 Å². The predicted molar refractivity (Wildman–Crippen MR) is 84.8 cm³/mol. The van der Waals surface area contributed by atoms with Gasteiger partial charge >= 0.3 is 0 Å². The van der Waals surface area contributed by atoms with Gasteiger partial charge in [-0.25, -0.2) is 0 Å². The van der Waals surface area contributed by atoms with E-state index >= 15 is 0 Å². The number of aliphatic hydroxyl groups is 1. The lowest BCUT2D eigenvalue weighted by atomic mass is 9.97. The van der Waals surface area contributed by atoms with Gasteiger partial charge in [-0.05, 0) is 60.7 Å². The summed E-state index contributed by atoms with van der Waals surface area (Å²) in [6.45, 7) is 3.50. The third kappa shape index (κ3) is 3.69. The van der Waals surface area contributed by atoms with Gasteiger partial charge in [0.15, 0.2) is 0 Å². The molecular weight excluding hydrogens is 260 g/mol. The van der Waals surface area contributed by atoms with Gasteiger partial charge in [0.2, 0.25) is 0 Å². The van der Waals surface area contributed by atoms with Crippen LogP contribution in [0.25, 0.3) is 11.1 Å². The summed E-state index contributed by atoms with van der Waals surface area (Å²) in [5.41, 5.74) is 3.74. The maximum absolute atomic E-state index is 9.21. The molecule has 3 heteroatoms. The molecule has 110 valence electrons. The van der Waals surface area contributed by atoms with Crippen molar-refractivity contribution in [2.24, 2.45) is 5.92 Å². The first-order valence-corrected chi connectivity index (χ1v) is 7.67. The molecule has 3 rings (SSSR count). The minimum absolute atomic E-state index is 0.338. The quantitative estimate of drug-likeness (QED) is 0.936. The molecule has 1 aromatic carbocycles. The molecule has 21 heavy (non-hydrogen) atoms. The SMILES string of the molecule is OCC1CCN(Cc2cccc(-c3cccnc3)c2)CC1. The highest BCUT2D eigenvalue weighted by atomic mass is 16.3. The van der Waals surface area contributed by atoms with Crippen LogP contribution < -0.4 is 0 Å². The van der Waals surface area contributed by atoms with Crippen molar-refractivity contribution >= 4 is 0 Å².